The van der Waals surface area contributed by atoms with Crippen LogP contribution < -0.4 is 5.73 Å². The van der Waals surface area contributed by atoms with Crippen LogP contribution >= 0.6 is 11.3 Å². The smallest absolute Gasteiger partial charge is 0.0564 e. The van der Waals surface area contributed by atoms with Crippen LogP contribution in [-0.4, -0.2) is 24.5 Å². The molecule has 1 atom stereocenters. The third kappa shape index (κ3) is 2.41. The Morgan fingerprint density at radius 2 is 2.27 bits per heavy atom. The van der Waals surface area contributed by atoms with Crippen LogP contribution in [0.15, 0.2) is 17.5 Å². The third-order valence-electron chi connectivity index (χ3n) is 3.49. The first-order valence-electron chi connectivity index (χ1n) is 5.78. The number of likely N-dealkylation sites (N-methyl/N-ethyl adjacent to an activating group) is 1. The van der Waals surface area contributed by atoms with Gasteiger partial charge < -0.3 is 5.73 Å². The van der Waals surface area contributed by atoms with Crippen molar-refractivity contribution in [2.45, 2.75) is 37.8 Å². The summed E-state index contributed by atoms with van der Waals surface area (Å²) < 4.78 is 0. The Morgan fingerprint density at radius 3 is 2.80 bits per heavy atom. The first-order valence-corrected chi connectivity index (χ1v) is 6.66. The average molecular weight is 224 g/mol. The second-order valence-corrected chi connectivity index (χ2v) is 5.35. The van der Waals surface area contributed by atoms with Gasteiger partial charge in [0.05, 0.1) is 6.04 Å². The maximum Gasteiger partial charge on any atom is 0.0564 e. The van der Waals surface area contributed by atoms with E-state index in [0.29, 0.717) is 6.04 Å². The van der Waals surface area contributed by atoms with Gasteiger partial charge in [0.25, 0.3) is 0 Å². The molecule has 1 heterocycles. The lowest BCUT2D eigenvalue weighted by Gasteiger charge is -2.31. The molecule has 0 bridgehead atoms. The highest BCUT2D eigenvalue weighted by Gasteiger charge is 2.26. The van der Waals surface area contributed by atoms with Crippen molar-refractivity contribution < 1.29 is 0 Å². The second-order valence-electron chi connectivity index (χ2n) is 4.37. The zero-order chi connectivity index (χ0) is 10.7. The number of rotatable bonds is 4. The first kappa shape index (κ1) is 11.1. The average Bonchev–Trinajstić information content (AvgIpc) is 2.91. The minimum absolute atomic E-state index is 0.424. The monoisotopic (exact) mass is 224 g/mol. The minimum Gasteiger partial charge on any atom is -0.329 e. The summed E-state index contributed by atoms with van der Waals surface area (Å²) in [4.78, 5) is 3.89. The van der Waals surface area contributed by atoms with Gasteiger partial charge >= 0.3 is 0 Å². The number of hydrogen-bond donors (Lipinski definition) is 1. The Balaban J connectivity index is 2.05. The van der Waals surface area contributed by atoms with Crippen molar-refractivity contribution in [1.82, 2.24) is 4.90 Å². The van der Waals surface area contributed by atoms with Gasteiger partial charge in [0, 0.05) is 17.5 Å². The van der Waals surface area contributed by atoms with Gasteiger partial charge in [-0.25, -0.2) is 0 Å². The summed E-state index contributed by atoms with van der Waals surface area (Å²) in [5.74, 6) is 0. The van der Waals surface area contributed by atoms with Gasteiger partial charge in [-0.2, -0.15) is 0 Å². The minimum atomic E-state index is 0.424. The fourth-order valence-electron chi connectivity index (χ4n) is 2.53. The summed E-state index contributed by atoms with van der Waals surface area (Å²) in [5, 5.41) is 2.14. The number of hydrogen-bond acceptors (Lipinski definition) is 3. The van der Waals surface area contributed by atoms with E-state index >= 15 is 0 Å². The van der Waals surface area contributed by atoms with E-state index in [1.54, 1.807) is 0 Å². The van der Waals surface area contributed by atoms with E-state index in [2.05, 4.69) is 29.5 Å². The molecule has 0 spiro atoms. The molecule has 0 aromatic carbocycles. The van der Waals surface area contributed by atoms with Crippen molar-refractivity contribution >= 4 is 11.3 Å². The number of nitrogens with two attached hydrogens (primary N) is 1. The van der Waals surface area contributed by atoms with Gasteiger partial charge in [0.15, 0.2) is 0 Å². The van der Waals surface area contributed by atoms with Gasteiger partial charge in [0.2, 0.25) is 0 Å². The molecular weight excluding hydrogens is 204 g/mol. The topological polar surface area (TPSA) is 29.3 Å². The van der Waals surface area contributed by atoms with Gasteiger partial charge in [-0.15, -0.1) is 11.3 Å². The van der Waals surface area contributed by atoms with Crippen molar-refractivity contribution in [3.63, 3.8) is 0 Å². The molecule has 0 radical (unpaired) electrons. The first-order chi connectivity index (χ1) is 7.33. The highest BCUT2D eigenvalue weighted by atomic mass is 32.1. The molecule has 1 fully saturated rings. The Labute approximate surface area is 96.1 Å². The molecule has 0 saturated heterocycles. The van der Waals surface area contributed by atoms with Crippen molar-refractivity contribution in [2.75, 3.05) is 13.6 Å². The molecule has 1 aromatic heterocycles. The van der Waals surface area contributed by atoms with Crippen LogP contribution in [0.5, 0.6) is 0 Å². The molecule has 1 saturated carbocycles. The molecule has 0 aliphatic heterocycles. The fraction of sp³-hybridized carbons (Fsp3) is 0.667. The number of nitrogens with zero attached hydrogens (tertiary/aromatic N) is 1. The summed E-state index contributed by atoms with van der Waals surface area (Å²) in [6, 6.07) is 5.49. The van der Waals surface area contributed by atoms with E-state index in [-0.39, 0.29) is 0 Å². The Hall–Kier alpha value is -0.380. The molecular formula is C12H20N2S. The maximum absolute atomic E-state index is 5.90. The third-order valence-corrected chi connectivity index (χ3v) is 4.46. The largest absolute Gasteiger partial charge is 0.329 e. The SMILES string of the molecule is CN(C1CCCC1)C(CN)c1cccs1. The van der Waals surface area contributed by atoms with Crippen molar-refractivity contribution in [3.05, 3.63) is 22.4 Å². The van der Waals surface area contributed by atoms with Gasteiger partial charge in [-0.05, 0) is 31.3 Å². The van der Waals surface area contributed by atoms with E-state index in [1.807, 2.05) is 11.3 Å². The molecule has 1 aromatic rings. The highest BCUT2D eigenvalue weighted by molar-refractivity contribution is 7.10. The summed E-state index contributed by atoms with van der Waals surface area (Å²) in [6.07, 6.45) is 5.46. The van der Waals surface area contributed by atoms with E-state index in [9.17, 15) is 0 Å². The number of thiophene rings is 1. The second kappa shape index (κ2) is 5.10. The Kier molecular flexibility index (Phi) is 3.78. The quantitative estimate of drug-likeness (QED) is 0.852. The summed E-state index contributed by atoms with van der Waals surface area (Å²) in [6.45, 7) is 0.730. The molecule has 15 heavy (non-hydrogen) atoms. The predicted octanol–water partition coefficient (Wildman–Crippen LogP) is 2.62. The van der Waals surface area contributed by atoms with Crippen LogP contribution in [0, 0.1) is 0 Å². The summed E-state index contributed by atoms with van der Waals surface area (Å²) >= 11 is 1.82. The Morgan fingerprint density at radius 1 is 1.53 bits per heavy atom. The normalized spacial score (nSPS) is 19.9. The standard InChI is InChI=1S/C12H20N2S/c1-14(10-5-2-3-6-10)11(9-13)12-7-4-8-15-12/h4,7-8,10-11H,2-3,5-6,9,13H2,1H3. The molecule has 84 valence electrons. The molecule has 0 amide bonds. The van der Waals surface area contributed by atoms with Crippen molar-refractivity contribution in [1.29, 1.82) is 0 Å². The summed E-state index contributed by atoms with van der Waals surface area (Å²) in [7, 11) is 2.23. The molecule has 1 aliphatic rings. The molecule has 3 heteroatoms. The van der Waals surface area contributed by atoms with Crippen LogP contribution in [0.3, 0.4) is 0 Å². The Bertz CT molecular complexity index is 278. The maximum atomic E-state index is 5.90. The van der Waals surface area contributed by atoms with Gasteiger partial charge in [-0.3, -0.25) is 4.90 Å². The van der Waals surface area contributed by atoms with E-state index in [0.717, 1.165) is 12.6 Å². The van der Waals surface area contributed by atoms with E-state index in [1.165, 1.54) is 30.6 Å². The molecule has 2 N–H and O–H groups in total. The lowest BCUT2D eigenvalue weighted by atomic mass is 10.1. The van der Waals surface area contributed by atoms with Crippen LogP contribution in [0.2, 0.25) is 0 Å². The molecule has 1 unspecified atom stereocenters. The van der Waals surface area contributed by atoms with Gasteiger partial charge in [0.1, 0.15) is 0 Å². The predicted molar refractivity (Wildman–Crippen MR) is 66.1 cm³/mol. The fourth-order valence-corrected chi connectivity index (χ4v) is 3.42. The van der Waals surface area contributed by atoms with Crippen LogP contribution in [-0.2, 0) is 0 Å². The summed E-state index contributed by atoms with van der Waals surface area (Å²) in [5.41, 5.74) is 5.90. The molecule has 1 aliphatic carbocycles. The molecule has 2 rings (SSSR count). The van der Waals surface area contributed by atoms with Crippen molar-refractivity contribution in [3.8, 4) is 0 Å². The zero-order valence-electron chi connectivity index (χ0n) is 9.36. The van der Waals surface area contributed by atoms with E-state index < -0.39 is 0 Å². The van der Waals surface area contributed by atoms with Crippen molar-refractivity contribution in [2.24, 2.45) is 5.73 Å². The molecule has 2 nitrogen and oxygen atoms in total. The lowest BCUT2D eigenvalue weighted by molar-refractivity contribution is 0.182. The van der Waals surface area contributed by atoms with E-state index in [4.69, 9.17) is 5.73 Å². The van der Waals surface area contributed by atoms with Crippen LogP contribution in [0.25, 0.3) is 0 Å². The van der Waals surface area contributed by atoms with Crippen LogP contribution in [0.4, 0.5) is 0 Å². The van der Waals surface area contributed by atoms with Crippen LogP contribution in [0.1, 0.15) is 36.6 Å². The highest BCUT2D eigenvalue weighted by Crippen LogP contribution is 2.30. The lowest BCUT2D eigenvalue weighted by Crippen LogP contribution is -2.36. The van der Waals surface area contributed by atoms with Gasteiger partial charge in [-0.1, -0.05) is 18.9 Å². The zero-order valence-corrected chi connectivity index (χ0v) is 10.2.